The molecule has 1 N–H and O–H groups in total. The van der Waals surface area contributed by atoms with Gasteiger partial charge in [-0.2, -0.15) is 0 Å². The summed E-state index contributed by atoms with van der Waals surface area (Å²) < 4.78 is 12.1. The SMILES string of the molecule is CCCC(C)N1CC=C[C@]23O[C@]4(C)C=CCCOC(=O)[C@@H]4[C@H]2C(=O)N(CCCO)C3C1=O. The summed E-state index contributed by atoms with van der Waals surface area (Å²) in [6, 6.07) is -0.868. The zero-order chi connectivity index (χ0) is 23.1. The predicted octanol–water partition coefficient (Wildman–Crippen LogP) is 1.43. The summed E-state index contributed by atoms with van der Waals surface area (Å²) >= 11 is 0. The van der Waals surface area contributed by atoms with E-state index in [9.17, 15) is 19.5 Å². The molecule has 2 fully saturated rings. The summed E-state index contributed by atoms with van der Waals surface area (Å²) in [5, 5.41) is 9.42. The Hall–Kier alpha value is -2.19. The highest BCUT2D eigenvalue weighted by molar-refractivity contribution is 5.99. The molecule has 4 rings (SSSR count). The van der Waals surface area contributed by atoms with Gasteiger partial charge in [0.1, 0.15) is 17.6 Å². The molecule has 2 unspecified atom stereocenters. The molecule has 0 aliphatic carbocycles. The number of hydrogen-bond donors (Lipinski definition) is 1. The van der Waals surface area contributed by atoms with Crippen molar-refractivity contribution in [2.45, 2.75) is 69.7 Å². The lowest BCUT2D eigenvalue weighted by Gasteiger charge is -2.39. The van der Waals surface area contributed by atoms with Crippen molar-refractivity contribution in [3.63, 3.8) is 0 Å². The van der Waals surface area contributed by atoms with Crippen LogP contribution in [0, 0.1) is 11.8 Å². The first-order chi connectivity index (χ1) is 15.3. The Morgan fingerprint density at radius 1 is 1.19 bits per heavy atom. The summed E-state index contributed by atoms with van der Waals surface area (Å²) in [5.74, 6) is -2.61. The number of hydrogen-bond acceptors (Lipinski definition) is 6. The number of aliphatic hydroxyl groups is 1. The number of fused-ring (bicyclic) bond motifs is 2. The summed E-state index contributed by atoms with van der Waals surface area (Å²) in [5.41, 5.74) is -2.30. The second-order valence-corrected chi connectivity index (χ2v) is 9.50. The second kappa shape index (κ2) is 8.63. The normalized spacial score (nSPS) is 37.4. The smallest absolute Gasteiger partial charge is 0.313 e. The van der Waals surface area contributed by atoms with Crippen molar-refractivity contribution in [3.05, 3.63) is 24.3 Å². The molecule has 2 amide bonds. The van der Waals surface area contributed by atoms with Crippen LogP contribution < -0.4 is 0 Å². The van der Waals surface area contributed by atoms with E-state index in [0.29, 0.717) is 19.4 Å². The van der Waals surface area contributed by atoms with Crippen LogP contribution >= 0.6 is 0 Å². The fourth-order valence-corrected chi connectivity index (χ4v) is 5.96. The van der Waals surface area contributed by atoms with Gasteiger partial charge in [-0.3, -0.25) is 14.4 Å². The summed E-state index contributed by atoms with van der Waals surface area (Å²) in [7, 11) is 0. The molecule has 4 heterocycles. The third-order valence-corrected chi connectivity index (χ3v) is 7.35. The zero-order valence-electron chi connectivity index (χ0n) is 19.2. The molecule has 32 heavy (non-hydrogen) atoms. The first-order valence-electron chi connectivity index (χ1n) is 11.7. The van der Waals surface area contributed by atoms with E-state index in [4.69, 9.17) is 9.47 Å². The molecule has 6 atom stereocenters. The maximum absolute atomic E-state index is 13.9. The first kappa shape index (κ1) is 23.0. The number of aliphatic hydroxyl groups excluding tert-OH is 1. The van der Waals surface area contributed by atoms with Crippen LogP contribution in [0.15, 0.2) is 24.3 Å². The average Bonchev–Trinajstić information content (AvgIpc) is 3.05. The van der Waals surface area contributed by atoms with E-state index in [1.54, 1.807) is 11.8 Å². The van der Waals surface area contributed by atoms with Crippen LogP contribution in [-0.2, 0) is 23.9 Å². The number of carbonyl (C=O) groups excluding carboxylic acids is 3. The molecule has 0 radical (unpaired) electrons. The Kier molecular flexibility index (Phi) is 6.20. The molecule has 0 aromatic heterocycles. The molecule has 1 spiro atoms. The number of carbonyl (C=O) groups is 3. The fourth-order valence-electron chi connectivity index (χ4n) is 5.96. The molecular formula is C24H34N2O6. The van der Waals surface area contributed by atoms with Gasteiger partial charge < -0.3 is 24.4 Å². The molecule has 0 saturated carbocycles. The molecule has 0 aromatic rings. The number of nitrogens with zero attached hydrogens (tertiary/aromatic N) is 2. The van der Waals surface area contributed by atoms with Crippen LogP contribution in [0.2, 0.25) is 0 Å². The number of amides is 2. The largest absolute Gasteiger partial charge is 0.465 e. The van der Waals surface area contributed by atoms with E-state index in [1.807, 2.05) is 31.2 Å². The van der Waals surface area contributed by atoms with Crippen LogP contribution in [-0.4, -0.2) is 82.3 Å². The Balaban J connectivity index is 1.83. The van der Waals surface area contributed by atoms with Gasteiger partial charge in [0, 0.05) is 25.7 Å². The topological polar surface area (TPSA) is 96.4 Å². The average molecular weight is 447 g/mol. The van der Waals surface area contributed by atoms with Crippen LogP contribution in [0.5, 0.6) is 0 Å². The number of esters is 1. The first-order valence-corrected chi connectivity index (χ1v) is 11.7. The molecule has 0 aromatic carbocycles. The highest BCUT2D eigenvalue weighted by Crippen LogP contribution is 2.57. The number of likely N-dealkylation sites (tertiary alicyclic amines) is 1. The molecule has 2 saturated heterocycles. The van der Waals surface area contributed by atoms with Crippen molar-refractivity contribution in [1.82, 2.24) is 9.80 Å². The van der Waals surface area contributed by atoms with E-state index in [1.165, 1.54) is 4.90 Å². The maximum Gasteiger partial charge on any atom is 0.313 e. The van der Waals surface area contributed by atoms with Crippen molar-refractivity contribution in [2.75, 3.05) is 26.3 Å². The Labute approximate surface area is 189 Å². The Morgan fingerprint density at radius 2 is 1.97 bits per heavy atom. The maximum atomic E-state index is 13.9. The minimum absolute atomic E-state index is 0.0108. The fraction of sp³-hybridized carbons (Fsp3) is 0.708. The van der Waals surface area contributed by atoms with E-state index in [-0.39, 0.29) is 37.6 Å². The van der Waals surface area contributed by atoms with Crippen molar-refractivity contribution in [3.8, 4) is 0 Å². The van der Waals surface area contributed by atoms with E-state index >= 15 is 0 Å². The lowest BCUT2D eigenvalue weighted by atomic mass is 9.74. The molecule has 176 valence electrons. The molecule has 4 aliphatic heterocycles. The number of ether oxygens (including phenoxy) is 2. The van der Waals surface area contributed by atoms with Gasteiger partial charge in [-0.25, -0.2) is 0 Å². The van der Waals surface area contributed by atoms with Crippen molar-refractivity contribution in [2.24, 2.45) is 11.8 Å². The predicted molar refractivity (Wildman–Crippen MR) is 116 cm³/mol. The Morgan fingerprint density at radius 3 is 2.69 bits per heavy atom. The van der Waals surface area contributed by atoms with Gasteiger partial charge in [-0.1, -0.05) is 37.6 Å². The minimum Gasteiger partial charge on any atom is -0.465 e. The van der Waals surface area contributed by atoms with Gasteiger partial charge in [-0.05, 0) is 33.1 Å². The highest BCUT2D eigenvalue weighted by atomic mass is 16.6. The number of cyclic esters (lactones) is 1. The third-order valence-electron chi connectivity index (χ3n) is 7.35. The minimum atomic E-state index is -1.25. The quantitative estimate of drug-likeness (QED) is 0.490. The standard InChI is InChI=1S/C24H34N2O6/c1-4-9-16(2)25-12-7-11-24-17(20(28)26(13-8-14-27)19(24)21(25)29)18-22(30)31-15-6-5-10-23(18,3)32-24/h5,7,10-11,16-19,27H,4,6,8-9,12-15H2,1-3H3/t16?,17-,18-,19?,23+,24-/m0/s1. The van der Waals surface area contributed by atoms with Crippen LogP contribution in [0.3, 0.4) is 0 Å². The molecule has 8 heteroatoms. The zero-order valence-corrected chi connectivity index (χ0v) is 19.2. The van der Waals surface area contributed by atoms with Crippen LogP contribution in [0.1, 0.15) is 46.5 Å². The third kappa shape index (κ3) is 3.39. The van der Waals surface area contributed by atoms with Crippen molar-refractivity contribution < 1.29 is 29.0 Å². The second-order valence-electron chi connectivity index (χ2n) is 9.50. The summed E-state index contributed by atoms with van der Waals surface area (Å²) in [6.07, 6.45) is 10.2. The van der Waals surface area contributed by atoms with Gasteiger partial charge in [-0.15, -0.1) is 0 Å². The van der Waals surface area contributed by atoms with Gasteiger partial charge in [0.2, 0.25) is 11.8 Å². The summed E-state index contributed by atoms with van der Waals surface area (Å²) in [4.78, 5) is 44.2. The molecule has 8 nitrogen and oxygen atoms in total. The van der Waals surface area contributed by atoms with Crippen LogP contribution in [0.25, 0.3) is 0 Å². The lowest BCUT2D eigenvalue weighted by molar-refractivity contribution is -0.160. The van der Waals surface area contributed by atoms with Gasteiger partial charge >= 0.3 is 5.97 Å². The molecule has 0 bridgehead atoms. The molecule has 4 aliphatic rings. The van der Waals surface area contributed by atoms with Crippen molar-refractivity contribution in [1.29, 1.82) is 0 Å². The molecular weight excluding hydrogens is 412 g/mol. The van der Waals surface area contributed by atoms with E-state index in [2.05, 4.69) is 6.92 Å². The van der Waals surface area contributed by atoms with E-state index < -0.39 is 35.0 Å². The van der Waals surface area contributed by atoms with Crippen LogP contribution in [0.4, 0.5) is 0 Å². The van der Waals surface area contributed by atoms with Crippen molar-refractivity contribution >= 4 is 17.8 Å². The summed E-state index contributed by atoms with van der Waals surface area (Å²) in [6.45, 7) is 6.71. The number of rotatable bonds is 6. The monoisotopic (exact) mass is 446 g/mol. The van der Waals surface area contributed by atoms with Gasteiger partial charge in [0.25, 0.3) is 0 Å². The Bertz CT molecular complexity index is 840. The van der Waals surface area contributed by atoms with Gasteiger partial charge in [0.05, 0.1) is 18.1 Å². The highest BCUT2D eigenvalue weighted by Gasteiger charge is 2.74. The lowest BCUT2D eigenvalue weighted by Crippen LogP contribution is -2.57. The van der Waals surface area contributed by atoms with Gasteiger partial charge in [0.15, 0.2) is 0 Å². The van der Waals surface area contributed by atoms with E-state index in [0.717, 1.165) is 12.8 Å².